The third kappa shape index (κ3) is 2.59. The second-order valence-corrected chi connectivity index (χ2v) is 5.33. The Morgan fingerprint density at radius 2 is 1.90 bits per heavy atom. The van der Waals surface area contributed by atoms with Gasteiger partial charge in [0.05, 0.1) is 6.04 Å². The molecule has 1 atom stereocenters. The molecule has 0 radical (unpaired) electrons. The molecule has 20 heavy (non-hydrogen) atoms. The van der Waals surface area contributed by atoms with Gasteiger partial charge in [0.15, 0.2) is 0 Å². The maximum absolute atomic E-state index is 4.32. The largest absolute Gasteiger partial charge is 0.307 e. The summed E-state index contributed by atoms with van der Waals surface area (Å²) in [6.45, 7) is 0. The summed E-state index contributed by atoms with van der Waals surface area (Å²) in [5, 5.41) is 13.7. The van der Waals surface area contributed by atoms with Gasteiger partial charge in [-0.1, -0.05) is 41.7 Å². The number of hydrogen-bond donors (Lipinski definition) is 1. The van der Waals surface area contributed by atoms with E-state index in [9.17, 15) is 0 Å². The van der Waals surface area contributed by atoms with E-state index in [1.165, 1.54) is 5.56 Å². The predicted molar refractivity (Wildman–Crippen MR) is 80.5 cm³/mol. The molecule has 1 aromatic carbocycles. The van der Waals surface area contributed by atoms with E-state index in [0.717, 1.165) is 15.6 Å². The van der Waals surface area contributed by atoms with E-state index < -0.39 is 0 Å². The van der Waals surface area contributed by atoms with Crippen molar-refractivity contribution < 1.29 is 0 Å². The fourth-order valence-corrected chi connectivity index (χ4v) is 3.01. The molecule has 0 amide bonds. The highest BCUT2D eigenvalue weighted by Gasteiger charge is 2.17. The van der Waals surface area contributed by atoms with Crippen LogP contribution in [0, 0.1) is 0 Å². The average Bonchev–Trinajstić information content (AvgIpc) is 3.00. The van der Waals surface area contributed by atoms with Crippen LogP contribution in [-0.4, -0.2) is 22.2 Å². The van der Waals surface area contributed by atoms with Gasteiger partial charge >= 0.3 is 0 Å². The number of pyridine rings is 1. The molecule has 0 aliphatic carbocycles. The number of hydrogen-bond acceptors (Lipinski definition) is 5. The van der Waals surface area contributed by atoms with Crippen LogP contribution < -0.4 is 5.32 Å². The van der Waals surface area contributed by atoms with Gasteiger partial charge in [-0.25, -0.2) is 0 Å². The Morgan fingerprint density at radius 3 is 2.60 bits per heavy atom. The van der Waals surface area contributed by atoms with Gasteiger partial charge < -0.3 is 5.32 Å². The summed E-state index contributed by atoms with van der Waals surface area (Å²) < 4.78 is 0. The first-order valence-electron chi connectivity index (χ1n) is 6.34. The number of nitrogens with zero attached hydrogens (tertiary/aromatic N) is 3. The quantitative estimate of drug-likeness (QED) is 0.799. The summed E-state index contributed by atoms with van der Waals surface area (Å²) in [4.78, 5) is 4.12. The first kappa shape index (κ1) is 12.9. The first-order valence-corrected chi connectivity index (χ1v) is 7.16. The third-order valence-corrected chi connectivity index (χ3v) is 4.05. The normalized spacial score (nSPS) is 12.2. The molecule has 0 fully saturated rings. The van der Waals surface area contributed by atoms with Gasteiger partial charge in [-0.05, 0) is 24.7 Å². The molecule has 3 aromatic rings. The maximum Gasteiger partial charge on any atom is 0.149 e. The Balaban J connectivity index is 1.93. The van der Waals surface area contributed by atoms with Gasteiger partial charge in [0.25, 0.3) is 0 Å². The van der Waals surface area contributed by atoms with E-state index in [2.05, 4.69) is 32.6 Å². The standard InChI is InChI=1S/C15H14N4S/c1-16-13(11-6-3-2-4-7-11)15-19-18-14(20-15)12-8-5-9-17-10-12/h2-10,13,16H,1H3. The van der Waals surface area contributed by atoms with E-state index >= 15 is 0 Å². The molecular formula is C15H14N4S. The van der Waals surface area contributed by atoms with Crippen LogP contribution in [0.25, 0.3) is 10.6 Å². The van der Waals surface area contributed by atoms with Gasteiger partial charge in [-0.2, -0.15) is 0 Å². The van der Waals surface area contributed by atoms with E-state index in [-0.39, 0.29) is 6.04 Å². The zero-order valence-electron chi connectivity index (χ0n) is 11.0. The Hall–Kier alpha value is -2.11. The highest BCUT2D eigenvalue weighted by molar-refractivity contribution is 7.14. The van der Waals surface area contributed by atoms with Crippen LogP contribution in [0.4, 0.5) is 0 Å². The minimum atomic E-state index is 0.0686. The Bertz CT molecular complexity index is 667. The van der Waals surface area contributed by atoms with Crippen LogP contribution in [0.5, 0.6) is 0 Å². The van der Waals surface area contributed by atoms with Crippen LogP contribution in [0.1, 0.15) is 16.6 Å². The second-order valence-electron chi connectivity index (χ2n) is 4.32. The van der Waals surface area contributed by atoms with Crippen molar-refractivity contribution in [2.75, 3.05) is 7.05 Å². The Labute approximate surface area is 121 Å². The van der Waals surface area contributed by atoms with Crippen molar-refractivity contribution in [1.82, 2.24) is 20.5 Å². The number of nitrogens with one attached hydrogen (secondary N) is 1. The van der Waals surface area contributed by atoms with Gasteiger partial charge in [-0.15, -0.1) is 10.2 Å². The molecule has 2 aromatic heterocycles. The summed E-state index contributed by atoms with van der Waals surface area (Å²) in [6, 6.07) is 14.2. The molecule has 0 spiro atoms. The molecular weight excluding hydrogens is 268 g/mol. The van der Waals surface area contributed by atoms with E-state index in [1.54, 1.807) is 23.7 Å². The van der Waals surface area contributed by atoms with Crippen LogP contribution in [0.15, 0.2) is 54.9 Å². The zero-order chi connectivity index (χ0) is 13.8. The van der Waals surface area contributed by atoms with Crippen molar-refractivity contribution in [3.05, 3.63) is 65.4 Å². The topological polar surface area (TPSA) is 50.7 Å². The third-order valence-electron chi connectivity index (χ3n) is 3.02. The number of rotatable bonds is 4. The summed E-state index contributed by atoms with van der Waals surface area (Å²) in [7, 11) is 1.93. The van der Waals surface area contributed by atoms with Gasteiger partial charge in [0.1, 0.15) is 10.0 Å². The molecule has 1 N–H and O–H groups in total. The van der Waals surface area contributed by atoms with Gasteiger partial charge in [0, 0.05) is 18.0 Å². The second kappa shape index (κ2) is 5.90. The maximum atomic E-state index is 4.32. The van der Waals surface area contributed by atoms with Crippen molar-refractivity contribution in [3.8, 4) is 10.6 Å². The highest BCUT2D eigenvalue weighted by Crippen LogP contribution is 2.29. The lowest BCUT2D eigenvalue weighted by Crippen LogP contribution is -2.17. The summed E-state index contributed by atoms with van der Waals surface area (Å²) >= 11 is 1.59. The molecule has 0 bridgehead atoms. The van der Waals surface area contributed by atoms with Crippen LogP contribution in [-0.2, 0) is 0 Å². The van der Waals surface area contributed by atoms with Crippen molar-refractivity contribution >= 4 is 11.3 Å². The molecule has 2 heterocycles. The van der Waals surface area contributed by atoms with Crippen LogP contribution >= 0.6 is 11.3 Å². The molecule has 0 aliphatic heterocycles. The van der Waals surface area contributed by atoms with E-state index in [1.807, 2.05) is 37.4 Å². The molecule has 0 saturated heterocycles. The lowest BCUT2D eigenvalue weighted by Gasteiger charge is -2.12. The lowest BCUT2D eigenvalue weighted by molar-refractivity contribution is 0.678. The minimum absolute atomic E-state index is 0.0686. The molecule has 4 nitrogen and oxygen atoms in total. The van der Waals surface area contributed by atoms with Gasteiger partial charge in [0.2, 0.25) is 0 Å². The average molecular weight is 282 g/mol. The monoisotopic (exact) mass is 282 g/mol. The molecule has 0 saturated carbocycles. The minimum Gasteiger partial charge on any atom is -0.307 e. The van der Waals surface area contributed by atoms with E-state index in [4.69, 9.17) is 0 Å². The van der Waals surface area contributed by atoms with Crippen LogP contribution in [0.3, 0.4) is 0 Å². The SMILES string of the molecule is CNC(c1ccccc1)c1nnc(-c2cccnc2)s1. The van der Waals surface area contributed by atoms with Gasteiger partial charge in [-0.3, -0.25) is 4.98 Å². The molecule has 3 rings (SSSR count). The predicted octanol–water partition coefficient (Wildman–Crippen LogP) is 2.91. The molecule has 5 heteroatoms. The van der Waals surface area contributed by atoms with E-state index in [0.29, 0.717) is 0 Å². The summed E-state index contributed by atoms with van der Waals surface area (Å²) in [6.07, 6.45) is 3.56. The molecule has 0 aliphatic rings. The smallest absolute Gasteiger partial charge is 0.149 e. The number of benzene rings is 1. The Morgan fingerprint density at radius 1 is 1.05 bits per heavy atom. The zero-order valence-corrected chi connectivity index (χ0v) is 11.8. The first-order chi connectivity index (χ1) is 9.88. The fraction of sp³-hybridized carbons (Fsp3) is 0.133. The summed E-state index contributed by atoms with van der Waals surface area (Å²) in [5.74, 6) is 0. The molecule has 100 valence electrons. The lowest BCUT2D eigenvalue weighted by atomic mass is 10.1. The summed E-state index contributed by atoms with van der Waals surface area (Å²) in [5.41, 5.74) is 2.18. The van der Waals surface area contributed by atoms with Crippen LogP contribution in [0.2, 0.25) is 0 Å². The van der Waals surface area contributed by atoms with Crippen molar-refractivity contribution in [1.29, 1.82) is 0 Å². The van der Waals surface area contributed by atoms with Crippen molar-refractivity contribution in [2.45, 2.75) is 6.04 Å². The Kier molecular flexibility index (Phi) is 3.80. The highest BCUT2D eigenvalue weighted by atomic mass is 32.1. The van der Waals surface area contributed by atoms with Crippen molar-refractivity contribution in [3.63, 3.8) is 0 Å². The number of aromatic nitrogens is 3. The molecule has 1 unspecified atom stereocenters. The fourth-order valence-electron chi connectivity index (χ4n) is 2.04. The van der Waals surface area contributed by atoms with Crippen molar-refractivity contribution in [2.24, 2.45) is 0 Å².